The average Bonchev–Trinajstić information content (AvgIpc) is 3.15. The number of imidazole rings is 1. The quantitative estimate of drug-likeness (QED) is 0.448. The number of benzene rings is 2. The van der Waals surface area contributed by atoms with Gasteiger partial charge in [0.15, 0.2) is 0 Å². The first-order chi connectivity index (χ1) is 14.0. The highest BCUT2D eigenvalue weighted by Gasteiger charge is 2.26. The molecule has 0 unspecified atom stereocenters. The van der Waals surface area contributed by atoms with Crippen molar-refractivity contribution in [2.45, 2.75) is 6.92 Å². The number of hydrogen-bond acceptors (Lipinski definition) is 5. The van der Waals surface area contributed by atoms with Gasteiger partial charge in [-0.2, -0.15) is 0 Å². The molecule has 2 aromatic carbocycles. The molecule has 1 aliphatic heterocycles. The van der Waals surface area contributed by atoms with E-state index in [1.54, 1.807) is 12.1 Å². The molecule has 1 fully saturated rings. The number of nitro groups is 1. The topological polar surface area (TPSA) is 109 Å². The number of likely N-dealkylation sites (N-methyl/N-ethyl adjacent to an activating group) is 1. The normalized spacial score (nSPS) is 14.9. The zero-order valence-electron chi connectivity index (χ0n) is 16.1. The monoisotopic (exact) mass is 395 g/mol. The molecule has 2 heterocycles. The van der Waals surface area contributed by atoms with E-state index >= 15 is 0 Å². The lowest BCUT2D eigenvalue weighted by molar-refractivity contribution is -0.898. The first-order valence-corrected chi connectivity index (χ1v) is 9.68. The van der Waals surface area contributed by atoms with Gasteiger partial charge in [0.2, 0.25) is 5.95 Å². The van der Waals surface area contributed by atoms with Crippen LogP contribution < -0.4 is 15.1 Å². The molecule has 1 aliphatic rings. The van der Waals surface area contributed by atoms with Crippen LogP contribution in [0.5, 0.6) is 0 Å². The number of aromatic nitrogens is 2. The summed E-state index contributed by atoms with van der Waals surface area (Å²) >= 11 is 0. The first kappa shape index (κ1) is 18.9. The lowest BCUT2D eigenvalue weighted by Crippen LogP contribution is -3.14. The van der Waals surface area contributed by atoms with E-state index < -0.39 is 10.8 Å². The number of fused-ring (bicyclic) bond motifs is 1. The predicted molar refractivity (Wildman–Crippen MR) is 111 cm³/mol. The van der Waals surface area contributed by atoms with Gasteiger partial charge in [-0.1, -0.05) is 12.1 Å². The summed E-state index contributed by atoms with van der Waals surface area (Å²) in [4.78, 5) is 34.7. The maximum Gasteiger partial charge on any atom is 0.293 e. The highest BCUT2D eigenvalue weighted by atomic mass is 16.6. The number of H-pyrrole nitrogens is 1. The second-order valence-electron chi connectivity index (χ2n) is 7.11. The van der Waals surface area contributed by atoms with Gasteiger partial charge in [0, 0.05) is 11.6 Å². The van der Waals surface area contributed by atoms with E-state index in [1.807, 2.05) is 29.2 Å². The molecule has 0 atom stereocenters. The van der Waals surface area contributed by atoms with Crippen LogP contribution in [0.15, 0.2) is 42.5 Å². The number of carbonyl (C=O) groups excluding carboxylic acids is 1. The number of nitrogens with zero attached hydrogens (tertiary/aromatic N) is 3. The van der Waals surface area contributed by atoms with Gasteiger partial charge < -0.3 is 14.8 Å². The van der Waals surface area contributed by atoms with Crippen LogP contribution in [-0.4, -0.2) is 53.5 Å². The molecule has 1 aromatic heterocycles. The van der Waals surface area contributed by atoms with Crippen molar-refractivity contribution in [1.29, 1.82) is 0 Å². The second kappa shape index (κ2) is 7.88. The third-order valence-electron chi connectivity index (χ3n) is 5.37. The van der Waals surface area contributed by atoms with Gasteiger partial charge in [-0.15, -0.1) is 0 Å². The summed E-state index contributed by atoms with van der Waals surface area (Å²) in [5.41, 5.74) is 2.27. The van der Waals surface area contributed by atoms with Crippen LogP contribution >= 0.6 is 0 Å². The number of quaternary nitrogens is 1. The van der Waals surface area contributed by atoms with Gasteiger partial charge in [-0.25, -0.2) is 4.98 Å². The van der Waals surface area contributed by atoms with Crippen molar-refractivity contribution in [1.82, 2.24) is 9.97 Å². The molecule has 1 saturated heterocycles. The van der Waals surface area contributed by atoms with Crippen LogP contribution in [-0.2, 0) is 0 Å². The molecular weight excluding hydrogens is 372 g/mol. The lowest BCUT2D eigenvalue weighted by Gasteiger charge is -2.32. The highest BCUT2D eigenvalue weighted by Crippen LogP contribution is 2.29. The number of aromatic amines is 1. The molecule has 3 aromatic rings. The molecule has 0 aliphatic carbocycles. The molecular formula is C20H23N6O3+. The van der Waals surface area contributed by atoms with E-state index in [-0.39, 0.29) is 11.3 Å². The van der Waals surface area contributed by atoms with E-state index in [0.29, 0.717) is 11.6 Å². The summed E-state index contributed by atoms with van der Waals surface area (Å²) in [6.07, 6.45) is 0. The number of piperazine rings is 1. The predicted octanol–water partition coefficient (Wildman–Crippen LogP) is 1.45. The molecule has 1 amide bonds. The molecule has 29 heavy (non-hydrogen) atoms. The first-order valence-electron chi connectivity index (χ1n) is 9.68. The number of nitrogens with one attached hydrogen (secondary N) is 3. The maximum absolute atomic E-state index is 12.6. The SMILES string of the molecule is CC[NH+]1CCN(c2ccc(C(=O)Nc3nc4ccccc4[nH]3)cc2[N+](=O)[O-])CC1. The summed E-state index contributed by atoms with van der Waals surface area (Å²) in [6.45, 7) is 6.60. The Morgan fingerprint density at radius 1 is 1.28 bits per heavy atom. The Kier molecular flexibility index (Phi) is 5.13. The lowest BCUT2D eigenvalue weighted by atomic mass is 10.1. The molecule has 0 saturated carbocycles. The largest absolute Gasteiger partial charge is 0.355 e. The number of para-hydroxylation sites is 2. The number of hydrogen-bond donors (Lipinski definition) is 3. The standard InChI is InChI=1S/C20H22N6O3/c1-2-24-9-11-25(12-10-24)17-8-7-14(13-18(17)26(28)29)19(27)23-20-21-15-5-3-4-6-16(15)22-20/h3-8,13H,2,9-12H2,1H3,(H2,21,22,23,27)/p+1. The molecule has 3 N–H and O–H groups in total. The fourth-order valence-corrected chi connectivity index (χ4v) is 3.69. The summed E-state index contributed by atoms with van der Waals surface area (Å²) < 4.78 is 0. The van der Waals surface area contributed by atoms with Crippen molar-refractivity contribution in [3.8, 4) is 0 Å². The van der Waals surface area contributed by atoms with E-state index in [9.17, 15) is 14.9 Å². The van der Waals surface area contributed by atoms with Gasteiger partial charge >= 0.3 is 0 Å². The number of carbonyl (C=O) groups is 1. The fraction of sp³-hybridized carbons (Fsp3) is 0.300. The van der Waals surface area contributed by atoms with E-state index in [1.165, 1.54) is 11.0 Å². The highest BCUT2D eigenvalue weighted by molar-refractivity contribution is 6.04. The maximum atomic E-state index is 12.6. The smallest absolute Gasteiger partial charge is 0.293 e. The number of amides is 1. The van der Waals surface area contributed by atoms with Crippen LogP contribution in [0, 0.1) is 10.1 Å². The number of anilines is 2. The zero-order valence-corrected chi connectivity index (χ0v) is 16.1. The molecule has 9 heteroatoms. The number of rotatable bonds is 5. The summed E-state index contributed by atoms with van der Waals surface area (Å²) in [5, 5.41) is 14.3. The molecule has 0 spiro atoms. The minimum Gasteiger partial charge on any atom is -0.355 e. The minimum atomic E-state index is -0.445. The van der Waals surface area contributed by atoms with Gasteiger partial charge in [-0.05, 0) is 31.2 Å². The van der Waals surface area contributed by atoms with Crippen LogP contribution in [0.25, 0.3) is 11.0 Å². The van der Waals surface area contributed by atoms with Gasteiger partial charge in [-0.3, -0.25) is 20.2 Å². The van der Waals surface area contributed by atoms with Crippen molar-refractivity contribution >= 4 is 34.3 Å². The molecule has 4 rings (SSSR count). The van der Waals surface area contributed by atoms with E-state index in [2.05, 4.69) is 22.2 Å². The van der Waals surface area contributed by atoms with Gasteiger partial charge in [0.25, 0.3) is 11.6 Å². The Balaban J connectivity index is 1.55. The van der Waals surface area contributed by atoms with Crippen molar-refractivity contribution < 1.29 is 14.6 Å². The summed E-state index contributed by atoms with van der Waals surface area (Å²) in [7, 11) is 0. The zero-order chi connectivity index (χ0) is 20.4. The molecule has 0 radical (unpaired) electrons. The van der Waals surface area contributed by atoms with Gasteiger partial charge in [0.05, 0.1) is 48.7 Å². The Hall–Kier alpha value is -3.46. The second-order valence-corrected chi connectivity index (χ2v) is 7.11. The van der Waals surface area contributed by atoms with Crippen LogP contribution in [0.3, 0.4) is 0 Å². The van der Waals surface area contributed by atoms with Crippen molar-refractivity contribution in [3.05, 3.63) is 58.1 Å². The molecule has 0 bridgehead atoms. The van der Waals surface area contributed by atoms with E-state index in [4.69, 9.17) is 0 Å². The van der Waals surface area contributed by atoms with Crippen LogP contribution in [0.4, 0.5) is 17.3 Å². The third-order valence-corrected chi connectivity index (χ3v) is 5.37. The third kappa shape index (κ3) is 3.90. The Morgan fingerprint density at radius 2 is 2.03 bits per heavy atom. The van der Waals surface area contributed by atoms with Crippen LogP contribution in [0.1, 0.15) is 17.3 Å². The Bertz CT molecular complexity index is 1020. The Labute approximate surface area is 167 Å². The van der Waals surface area contributed by atoms with E-state index in [0.717, 1.165) is 43.8 Å². The van der Waals surface area contributed by atoms with Crippen molar-refractivity contribution in [2.24, 2.45) is 0 Å². The van der Waals surface area contributed by atoms with Crippen LogP contribution in [0.2, 0.25) is 0 Å². The number of nitro benzene ring substituents is 1. The fourth-order valence-electron chi connectivity index (χ4n) is 3.69. The minimum absolute atomic E-state index is 0.0535. The van der Waals surface area contributed by atoms with Crippen molar-refractivity contribution in [2.75, 3.05) is 42.9 Å². The molecule has 150 valence electrons. The molecule has 9 nitrogen and oxygen atoms in total. The summed E-state index contributed by atoms with van der Waals surface area (Å²) in [5.74, 6) is -0.138. The summed E-state index contributed by atoms with van der Waals surface area (Å²) in [6, 6.07) is 12.1. The van der Waals surface area contributed by atoms with Crippen molar-refractivity contribution in [3.63, 3.8) is 0 Å². The average molecular weight is 395 g/mol. The Morgan fingerprint density at radius 3 is 2.72 bits per heavy atom. The van der Waals surface area contributed by atoms with Gasteiger partial charge in [0.1, 0.15) is 5.69 Å².